The van der Waals surface area contributed by atoms with Crippen LogP contribution in [0.1, 0.15) is 51.9 Å². The van der Waals surface area contributed by atoms with Crippen LogP contribution in [0.5, 0.6) is 0 Å². The molecule has 0 radical (unpaired) electrons. The van der Waals surface area contributed by atoms with Crippen molar-refractivity contribution in [2.45, 2.75) is 51.9 Å². The van der Waals surface area contributed by atoms with Crippen LogP contribution >= 0.6 is 0 Å². The van der Waals surface area contributed by atoms with Crippen LogP contribution in [-0.2, 0) is 14.4 Å². The molecule has 5 unspecified atom stereocenters. The molecule has 3 saturated carbocycles. The summed E-state index contributed by atoms with van der Waals surface area (Å²) in [7, 11) is 0. The summed E-state index contributed by atoms with van der Waals surface area (Å²) in [6, 6.07) is 0. The van der Waals surface area contributed by atoms with Gasteiger partial charge in [0.05, 0.1) is 0 Å². The largest absolute Gasteiger partial charge is 0.303 e. The van der Waals surface area contributed by atoms with E-state index < -0.39 is 0 Å². The average Bonchev–Trinajstić information content (AvgIpc) is 2.81. The Morgan fingerprint density at radius 3 is 2.73 bits per heavy atom. The van der Waals surface area contributed by atoms with Gasteiger partial charge >= 0.3 is 0 Å². The Balaban J connectivity index is 1.73. The van der Waals surface area contributed by atoms with E-state index in [0.29, 0.717) is 42.3 Å². The van der Waals surface area contributed by atoms with Crippen molar-refractivity contribution >= 4 is 17.9 Å². The Kier molecular flexibility index (Phi) is 3.18. The molecule has 0 aromatic carbocycles. The fourth-order valence-corrected chi connectivity index (χ4v) is 6.29. The SMILES string of the molecule is C[C@]12CC(C=O)C3C4CCC(=O)C=C4CCC3C1CCC2=O. The second kappa shape index (κ2) is 4.87. The summed E-state index contributed by atoms with van der Waals surface area (Å²) >= 11 is 0. The van der Waals surface area contributed by atoms with Gasteiger partial charge in [-0.15, -0.1) is 0 Å². The third kappa shape index (κ3) is 1.83. The predicted molar refractivity (Wildman–Crippen MR) is 82.0 cm³/mol. The first-order valence-electron chi connectivity index (χ1n) is 8.76. The van der Waals surface area contributed by atoms with Gasteiger partial charge in [-0.1, -0.05) is 12.5 Å². The summed E-state index contributed by atoms with van der Waals surface area (Å²) in [6.45, 7) is 2.11. The van der Waals surface area contributed by atoms with E-state index >= 15 is 0 Å². The molecule has 0 amide bonds. The highest BCUT2D eigenvalue weighted by molar-refractivity contribution is 5.91. The lowest BCUT2D eigenvalue weighted by atomic mass is 9.49. The van der Waals surface area contributed by atoms with E-state index in [9.17, 15) is 14.4 Å². The van der Waals surface area contributed by atoms with E-state index in [1.807, 2.05) is 6.08 Å². The molecular weight excluding hydrogens is 276 g/mol. The minimum absolute atomic E-state index is 0.00444. The summed E-state index contributed by atoms with van der Waals surface area (Å²) in [6.07, 6.45) is 9.00. The second-order valence-electron chi connectivity index (χ2n) is 8.10. The number of ketones is 2. The van der Waals surface area contributed by atoms with Crippen LogP contribution in [0.3, 0.4) is 0 Å². The summed E-state index contributed by atoms with van der Waals surface area (Å²) < 4.78 is 0. The standard InChI is InChI=1S/C19H24O3/c1-19-9-12(10-20)18-14-5-3-13(21)8-11(14)2-4-15(18)16(19)6-7-17(19)22/h8,10,12,14-16,18H,2-7,9H2,1H3/t12?,14?,15?,16?,18?,19-/m0/s1. The van der Waals surface area contributed by atoms with Crippen LogP contribution in [0, 0.1) is 35.0 Å². The van der Waals surface area contributed by atoms with E-state index in [4.69, 9.17) is 0 Å². The minimum Gasteiger partial charge on any atom is -0.303 e. The molecule has 0 saturated heterocycles. The molecule has 6 atom stereocenters. The van der Waals surface area contributed by atoms with Crippen molar-refractivity contribution < 1.29 is 14.4 Å². The number of allylic oxidation sites excluding steroid dienone is 1. The first-order chi connectivity index (χ1) is 10.5. The molecule has 0 bridgehead atoms. The van der Waals surface area contributed by atoms with Crippen LogP contribution in [0.2, 0.25) is 0 Å². The molecule has 4 aliphatic rings. The molecule has 0 aliphatic heterocycles. The van der Waals surface area contributed by atoms with Gasteiger partial charge in [0, 0.05) is 24.2 Å². The number of hydrogen-bond acceptors (Lipinski definition) is 3. The van der Waals surface area contributed by atoms with Gasteiger partial charge in [-0.05, 0) is 61.9 Å². The number of rotatable bonds is 1. The van der Waals surface area contributed by atoms with Crippen LogP contribution in [0.25, 0.3) is 0 Å². The van der Waals surface area contributed by atoms with Crippen LogP contribution < -0.4 is 0 Å². The monoisotopic (exact) mass is 300 g/mol. The van der Waals surface area contributed by atoms with Gasteiger partial charge in [-0.3, -0.25) is 9.59 Å². The zero-order valence-corrected chi connectivity index (χ0v) is 13.2. The van der Waals surface area contributed by atoms with Crippen molar-refractivity contribution in [3.63, 3.8) is 0 Å². The van der Waals surface area contributed by atoms with E-state index in [0.717, 1.165) is 38.4 Å². The Morgan fingerprint density at radius 2 is 1.95 bits per heavy atom. The first kappa shape index (κ1) is 14.3. The van der Waals surface area contributed by atoms with Crippen molar-refractivity contribution in [1.82, 2.24) is 0 Å². The first-order valence-corrected chi connectivity index (χ1v) is 8.76. The topological polar surface area (TPSA) is 51.2 Å². The minimum atomic E-state index is -0.265. The lowest BCUT2D eigenvalue weighted by Gasteiger charge is -2.54. The maximum Gasteiger partial charge on any atom is 0.155 e. The van der Waals surface area contributed by atoms with Crippen molar-refractivity contribution in [2.24, 2.45) is 35.0 Å². The van der Waals surface area contributed by atoms with Gasteiger partial charge in [0.25, 0.3) is 0 Å². The Hall–Kier alpha value is -1.25. The van der Waals surface area contributed by atoms with Gasteiger partial charge in [-0.2, -0.15) is 0 Å². The molecule has 3 heteroatoms. The summed E-state index contributed by atoms with van der Waals surface area (Å²) in [5, 5.41) is 0. The summed E-state index contributed by atoms with van der Waals surface area (Å²) in [5.74, 6) is 2.36. The lowest BCUT2D eigenvalue weighted by Crippen LogP contribution is -2.51. The molecular formula is C19H24O3. The lowest BCUT2D eigenvalue weighted by molar-refractivity contribution is -0.137. The molecule has 0 heterocycles. The molecule has 118 valence electrons. The summed E-state index contributed by atoms with van der Waals surface area (Å²) in [4.78, 5) is 35.9. The smallest absolute Gasteiger partial charge is 0.155 e. The van der Waals surface area contributed by atoms with Crippen molar-refractivity contribution in [3.05, 3.63) is 11.6 Å². The van der Waals surface area contributed by atoms with Gasteiger partial charge in [-0.25, -0.2) is 0 Å². The quantitative estimate of drug-likeness (QED) is 0.699. The Morgan fingerprint density at radius 1 is 1.14 bits per heavy atom. The third-order valence-electron chi connectivity index (χ3n) is 7.23. The van der Waals surface area contributed by atoms with Gasteiger partial charge in [0.1, 0.15) is 12.1 Å². The second-order valence-corrected chi connectivity index (χ2v) is 8.10. The number of carbonyl (C=O) groups is 3. The van der Waals surface area contributed by atoms with Crippen LogP contribution in [0.15, 0.2) is 11.6 Å². The van der Waals surface area contributed by atoms with Crippen molar-refractivity contribution in [2.75, 3.05) is 0 Å². The highest BCUT2D eigenvalue weighted by Crippen LogP contribution is 2.61. The van der Waals surface area contributed by atoms with E-state index in [1.165, 1.54) is 5.57 Å². The number of carbonyl (C=O) groups excluding carboxylic acids is 3. The molecule has 4 rings (SSSR count). The predicted octanol–water partition coefficient (Wildman–Crippen LogP) is 3.12. The highest BCUT2D eigenvalue weighted by atomic mass is 16.1. The van der Waals surface area contributed by atoms with E-state index in [-0.39, 0.29) is 17.1 Å². The maximum atomic E-state index is 12.4. The zero-order valence-electron chi connectivity index (χ0n) is 13.2. The number of aldehydes is 1. The third-order valence-corrected chi connectivity index (χ3v) is 7.23. The van der Waals surface area contributed by atoms with Gasteiger partial charge in [0.2, 0.25) is 0 Å². The zero-order chi connectivity index (χ0) is 15.5. The average molecular weight is 300 g/mol. The fraction of sp³-hybridized carbons (Fsp3) is 0.737. The molecule has 0 N–H and O–H groups in total. The van der Waals surface area contributed by atoms with Crippen molar-refractivity contribution in [1.29, 1.82) is 0 Å². The van der Waals surface area contributed by atoms with E-state index in [2.05, 4.69) is 6.92 Å². The molecule has 0 spiro atoms. The molecule has 22 heavy (non-hydrogen) atoms. The fourth-order valence-electron chi connectivity index (χ4n) is 6.29. The van der Waals surface area contributed by atoms with Gasteiger partial charge in [0.15, 0.2) is 5.78 Å². The molecule has 4 aliphatic carbocycles. The number of fused-ring (bicyclic) bond motifs is 5. The summed E-state index contributed by atoms with van der Waals surface area (Å²) in [5.41, 5.74) is 1.02. The Bertz CT molecular complexity index is 575. The van der Waals surface area contributed by atoms with Crippen molar-refractivity contribution in [3.8, 4) is 0 Å². The molecule has 3 fully saturated rings. The normalized spacial score (nSPS) is 47.3. The van der Waals surface area contributed by atoms with Crippen LogP contribution in [-0.4, -0.2) is 17.9 Å². The number of Topliss-reactive ketones (excluding diaryl/α,β-unsaturated/α-hetero) is 1. The Labute approximate surface area is 131 Å². The van der Waals surface area contributed by atoms with Gasteiger partial charge < -0.3 is 4.79 Å². The molecule has 0 aromatic heterocycles. The maximum absolute atomic E-state index is 12.4. The highest BCUT2D eigenvalue weighted by Gasteiger charge is 2.59. The molecule has 3 nitrogen and oxygen atoms in total. The van der Waals surface area contributed by atoms with E-state index in [1.54, 1.807) is 0 Å². The number of hydrogen-bond donors (Lipinski definition) is 0. The van der Waals surface area contributed by atoms with Crippen LogP contribution in [0.4, 0.5) is 0 Å². The molecule has 0 aromatic rings.